The van der Waals surface area contributed by atoms with Gasteiger partial charge in [-0.05, 0) is 45.8 Å². The molecule has 5 nitrogen and oxygen atoms in total. The minimum atomic E-state index is 0. The Balaban J connectivity index is 0.00000288. The SMILES string of the molecule is CN=C(NCCCN1CC(C)OC(C)C1)NC1CCC(SC)C1.I. The molecule has 0 amide bonds. The van der Waals surface area contributed by atoms with E-state index in [0.717, 1.165) is 43.8 Å². The number of morpholine rings is 1. The number of nitrogens with zero attached hydrogens (tertiary/aromatic N) is 2. The largest absolute Gasteiger partial charge is 0.373 e. The topological polar surface area (TPSA) is 48.9 Å². The lowest BCUT2D eigenvalue weighted by atomic mass is 10.2. The van der Waals surface area contributed by atoms with E-state index in [-0.39, 0.29) is 24.0 Å². The average Bonchev–Trinajstić information content (AvgIpc) is 2.97. The van der Waals surface area contributed by atoms with E-state index < -0.39 is 0 Å². The highest BCUT2D eigenvalue weighted by atomic mass is 127. The van der Waals surface area contributed by atoms with Crippen molar-refractivity contribution in [1.82, 2.24) is 15.5 Å². The van der Waals surface area contributed by atoms with Gasteiger partial charge in [0.05, 0.1) is 12.2 Å². The summed E-state index contributed by atoms with van der Waals surface area (Å²) in [6.07, 6.45) is 7.90. The quantitative estimate of drug-likeness (QED) is 0.271. The van der Waals surface area contributed by atoms with Crippen LogP contribution < -0.4 is 10.6 Å². The van der Waals surface area contributed by atoms with Crippen molar-refractivity contribution in [3.8, 4) is 0 Å². The zero-order valence-electron chi connectivity index (χ0n) is 15.6. The highest BCUT2D eigenvalue weighted by molar-refractivity contribution is 14.0. The maximum atomic E-state index is 5.78. The van der Waals surface area contributed by atoms with Gasteiger partial charge < -0.3 is 15.4 Å². The average molecular weight is 470 g/mol. The van der Waals surface area contributed by atoms with Crippen LogP contribution in [0.25, 0.3) is 0 Å². The molecule has 2 N–H and O–H groups in total. The first-order chi connectivity index (χ1) is 11.1. The molecule has 4 unspecified atom stereocenters. The van der Waals surface area contributed by atoms with Gasteiger partial charge >= 0.3 is 0 Å². The van der Waals surface area contributed by atoms with Crippen molar-refractivity contribution in [2.24, 2.45) is 4.99 Å². The van der Waals surface area contributed by atoms with E-state index in [0.29, 0.717) is 18.2 Å². The molecule has 24 heavy (non-hydrogen) atoms. The molecule has 1 aliphatic carbocycles. The Hall–Kier alpha value is 0.270. The maximum absolute atomic E-state index is 5.78. The van der Waals surface area contributed by atoms with Gasteiger partial charge in [-0.25, -0.2) is 0 Å². The number of guanidine groups is 1. The fourth-order valence-corrected chi connectivity index (χ4v) is 4.45. The van der Waals surface area contributed by atoms with Gasteiger partial charge in [0.2, 0.25) is 0 Å². The smallest absolute Gasteiger partial charge is 0.191 e. The number of halogens is 1. The molecule has 0 spiro atoms. The summed E-state index contributed by atoms with van der Waals surface area (Å²) in [5.74, 6) is 0.959. The normalized spacial score (nSPS) is 31.6. The van der Waals surface area contributed by atoms with Crippen molar-refractivity contribution in [3.63, 3.8) is 0 Å². The first-order valence-electron chi connectivity index (χ1n) is 8.98. The van der Waals surface area contributed by atoms with Crippen LogP contribution in [0.2, 0.25) is 0 Å². The third kappa shape index (κ3) is 7.66. The number of rotatable bonds is 6. The fraction of sp³-hybridized carbons (Fsp3) is 0.941. The molecule has 0 aromatic carbocycles. The minimum absolute atomic E-state index is 0. The summed E-state index contributed by atoms with van der Waals surface area (Å²) >= 11 is 1.99. The lowest BCUT2D eigenvalue weighted by Gasteiger charge is -2.35. The van der Waals surface area contributed by atoms with E-state index in [1.54, 1.807) is 0 Å². The van der Waals surface area contributed by atoms with Crippen LogP contribution >= 0.6 is 35.7 Å². The van der Waals surface area contributed by atoms with Gasteiger partial charge in [0, 0.05) is 44.5 Å². The monoisotopic (exact) mass is 470 g/mol. The van der Waals surface area contributed by atoms with E-state index >= 15 is 0 Å². The molecule has 0 aromatic rings. The van der Waals surface area contributed by atoms with Crippen LogP contribution in [0.4, 0.5) is 0 Å². The second-order valence-corrected chi connectivity index (χ2v) is 8.02. The molecule has 0 radical (unpaired) electrons. The molecule has 1 heterocycles. The van der Waals surface area contributed by atoms with Gasteiger partial charge in [-0.3, -0.25) is 9.89 Å². The van der Waals surface area contributed by atoms with Crippen molar-refractivity contribution in [3.05, 3.63) is 0 Å². The molecule has 2 aliphatic rings. The molecule has 1 aliphatic heterocycles. The summed E-state index contributed by atoms with van der Waals surface area (Å²) in [4.78, 5) is 6.88. The third-order valence-electron chi connectivity index (χ3n) is 4.72. The number of aliphatic imine (C=N–C) groups is 1. The number of nitrogens with one attached hydrogen (secondary N) is 2. The summed E-state index contributed by atoms with van der Waals surface area (Å²) in [7, 11) is 1.86. The molecule has 0 bridgehead atoms. The van der Waals surface area contributed by atoms with Crippen LogP contribution in [0.1, 0.15) is 39.5 Å². The van der Waals surface area contributed by atoms with Crippen molar-refractivity contribution < 1.29 is 4.74 Å². The lowest BCUT2D eigenvalue weighted by Crippen LogP contribution is -2.47. The molecule has 4 atom stereocenters. The number of hydrogen-bond acceptors (Lipinski definition) is 4. The van der Waals surface area contributed by atoms with E-state index in [1.807, 2.05) is 18.8 Å². The molecule has 2 fully saturated rings. The van der Waals surface area contributed by atoms with Crippen LogP contribution in [0, 0.1) is 0 Å². The van der Waals surface area contributed by atoms with Crippen LogP contribution in [0.3, 0.4) is 0 Å². The van der Waals surface area contributed by atoms with E-state index in [1.165, 1.54) is 19.3 Å². The lowest BCUT2D eigenvalue weighted by molar-refractivity contribution is -0.0679. The van der Waals surface area contributed by atoms with Crippen LogP contribution in [0.5, 0.6) is 0 Å². The fourth-order valence-electron chi connectivity index (χ4n) is 3.65. The Morgan fingerprint density at radius 2 is 1.96 bits per heavy atom. The predicted octanol–water partition coefficient (Wildman–Crippen LogP) is 2.55. The molecule has 0 aromatic heterocycles. The van der Waals surface area contributed by atoms with Gasteiger partial charge in [0.25, 0.3) is 0 Å². The minimum Gasteiger partial charge on any atom is -0.373 e. The van der Waals surface area contributed by atoms with Gasteiger partial charge in [-0.2, -0.15) is 11.8 Å². The molecule has 1 saturated heterocycles. The van der Waals surface area contributed by atoms with Crippen LogP contribution in [0.15, 0.2) is 4.99 Å². The molecule has 7 heteroatoms. The summed E-state index contributed by atoms with van der Waals surface area (Å²) in [6, 6.07) is 0.583. The number of hydrogen-bond donors (Lipinski definition) is 2. The molecule has 2 rings (SSSR count). The second-order valence-electron chi connectivity index (χ2n) is 6.88. The van der Waals surface area contributed by atoms with E-state index in [9.17, 15) is 0 Å². The summed E-state index contributed by atoms with van der Waals surface area (Å²) in [5, 5.41) is 7.86. The molecular formula is C17H35IN4OS. The first kappa shape index (κ1) is 22.3. The Labute approximate surface area is 169 Å². The van der Waals surface area contributed by atoms with Crippen molar-refractivity contribution in [1.29, 1.82) is 0 Å². The van der Waals surface area contributed by atoms with E-state index in [4.69, 9.17) is 4.74 Å². The van der Waals surface area contributed by atoms with Gasteiger partial charge in [0.1, 0.15) is 0 Å². The number of thioether (sulfide) groups is 1. The van der Waals surface area contributed by atoms with E-state index in [2.05, 4.69) is 40.6 Å². The third-order valence-corrected chi connectivity index (χ3v) is 5.82. The zero-order valence-corrected chi connectivity index (χ0v) is 18.7. The standard InChI is InChI=1S/C17H34N4OS.HI/c1-13-11-21(12-14(2)22-13)9-5-8-19-17(18-3)20-15-6-7-16(10-15)23-4;/h13-16H,5-12H2,1-4H3,(H2,18,19,20);1H. The van der Waals surface area contributed by atoms with Crippen LogP contribution in [-0.2, 0) is 4.74 Å². The second kappa shape index (κ2) is 11.8. The van der Waals surface area contributed by atoms with Gasteiger partial charge in [-0.1, -0.05) is 0 Å². The van der Waals surface area contributed by atoms with Crippen molar-refractivity contribution in [2.45, 2.75) is 63.0 Å². The van der Waals surface area contributed by atoms with Gasteiger partial charge in [0.15, 0.2) is 5.96 Å². The highest BCUT2D eigenvalue weighted by Gasteiger charge is 2.24. The Bertz CT molecular complexity index is 376. The molecule has 1 saturated carbocycles. The Kier molecular flexibility index (Phi) is 11.0. The van der Waals surface area contributed by atoms with Crippen molar-refractivity contribution >= 4 is 41.7 Å². The zero-order chi connectivity index (χ0) is 16.7. The molecular weight excluding hydrogens is 435 g/mol. The van der Waals surface area contributed by atoms with Crippen molar-refractivity contribution in [2.75, 3.05) is 39.5 Å². The summed E-state index contributed by atoms with van der Waals surface area (Å²) in [5.41, 5.74) is 0. The first-order valence-corrected chi connectivity index (χ1v) is 10.3. The Morgan fingerprint density at radius 3 is 2.54 bits per heavy atom. The predicted molar refractivity (Wildman–Crippen MR) is 116 cm³/mol. The number of ether oxygens (including phenoxy) is 1. The summed E-state index contributed by atoms with van der Waals surface area (Å²) < 4.78 is 5.78. The summed E-state index contributed by atoms with van der Waals surface area (Å²) in [6.45, 7) is 8.52. The molecule has 142 valence electrons. The highest BCUT2D eigenvalue weighted by Crippen LogP contribution is 2.27. The Morgan fingerprint density at radius 1 is 1.25 bits per heavy atom. The van der Waals surface area contributed by atoms with Crippen LogP contribution in [-0.4, -0.2) is 73.8 Å². The van der Waals surface area contributed by atoms with Gasteiger partial charge in [-0.15, -0.1) is 24.0 Å². The maximum Gasteiger partial charge on any atom is 0.191 e.